The molecule has 2 aromatic heterocycles. The monoisotopic (exact) mass is 405 g/mol. The number of nitrogens with zero attached hydrogens (tertiary/aromatic N) is 4. The van der Waals surface area contributed by atoms with Gasteiger partial charge in [0.2, 0.25) is 11.7 Å². The van der Waals surface area contributed by atoms with Crippen LogP contribution in [0, 0.1) is 0 Å². The van der Waals surface area contributed by atoms with Crippen LogP contribution in [0.1, 0.15) is 41.4 Å². The molecule has 8 heteroatoms. The smallest absolute Gasteiger partial charge is 0.276 e. The molecule has 1 aromatic carbocycles. The Morgan fingerprint density at radius 2 is 2.10 bits per heavy atom. The van der Waals surface area contributed by atoms with Gasteiger partial charge in [-0.05, 0) is 30.9 Å². The van der Waals surface area contributed by atoms with Gasteiger partial charge in [0, 0.05) is 37.7 Å². The summed E-state index contributed by atoms with van der Waals surface area (Å²) in [6.45, 7) is 0.802. The summed E-state index contributed by atoms with van der Waals surface area (Å²) in [6, 6.07) is 8.82. The van der Waals surface area contributed by atoms with E-state index in [1.807, 2.05) is 40.9 Å². The number of carbonyl (C=O) groups is 2. The minimum absolute atomic E-state index is 0.0208. The van der Waals surface area contributed by atoms with E-state index in [-0.39, 0.29) is 17.9 Å². The second kappa shape index (κ2) is 7.53. The van der Waals surface area contributed by atoms with E-state index >= 15 is 0 Å². The van der Waals surface area contributed by atoms with Gasteiger partial charge >= 0.3 is 0 Å². The number of rotatable bonds is 5. The maximum Gasteiger partial charge on any atom is 0.276 e. The SMILES string of the molecule is COCCNC(=O)C1c2ccccc2-c2c(nc3ncccn23)C(=O)N1C1CCC1. The average molecular weight is 405 g/mol. The maximum atomic E-state index is 13.8. The van der Waals surface area contributed by atoms with E-state index in [2.05, 4.69) is 15.3 Å². The van der Waals surface area contributed by atoms with Crippen molar-refractivity contribution in [1.29, 1.82) is 0 Å². The van der Waals surface area contributed by atoms with Crippen molar-refractivity contribution in [3.8, 4) is 11.3 Å². The van der Waals surface area contributed by atoms with Gasteiger partial charge in [-0.1, -0.05) is 24.3 Å². The van der Waals surface area contributed by atoms with Gasteiger partial charge in [-0.15, -0.1) is 0 Å². The molecule has 3 heterocycles. The molecule has 30 heavy (non-hydrogen) atoms. The molecule has 0 bridgehead atoms. The molecule has 1 fully saturated rings. The van der Waals surface area contributed by atoms with Crippen LogP contribution >= 0.6 is 0 Å². The molecular formula is C22H23N5O3. The predicted octanol–water partition coefficient (Wildman–Crippen LogP) is 2.21. The molecule has 0 radical (unpaired) electrons. The fraction of sp³-hybridized carbons (Fsp3) is 0.364. The van der Waals surface area contributed by atoms with Crippen LogP contribution in [0.25, 0.3) is 17.0 Å². The Hall–Kier alpha value is -3.26. The fourth-order valence-electron chi connectivity index (χ4n) is 4.32. The topological polar surface area (TPSA) is 88.8 Å². The van der Waals surface area contributed by atoms with Gasteiger partial charge < -0.3 is 15.0 Å². The molecule has 2 aliphatic rings. The summed E-state index contributed by atoms with van der Waals surface area (Å²) in [5, 5.41) is 2.93. The van der Waals surface area contributed by atoms with E-state index in [1.54, 1.807) is 18.2 Å². The van der Waals surface area contributed by atoms with E-state index in [4.69, 9.17) is 4.74 Å². The zero-order chi connectivity index (χ0) is 20.7. The third kappa shape index (κ3) is 2.87. The molecule has 1 aliphatic heterocycles. The first-order valence-electron chi connectivity index (χ1n) is 10.2. The van der Waals surface area contributed by atoms with Gasteiger partial charge in [0.1, 0.15) is 6.04 Å². The van der Waals surface area contributed by atoms with Crippen LogP contribution in [0.4, 0.5) is 0 Å². The number of aromatic nitrogens is 3. The number of benzene rings is 1. The van der Waals surface area contributed by atoms with Crippen LogP contribution in [-0.4, -0.2) is 57.4 Å². The van der Waals surface area contributed by atoms with Crippen molar-refractivity contribution in [3.05, 3.63) is 54.0 Å². The van der Waals surface area contributed by atoms with Crippen LogP contribution in [0.5, 0.6) is 0 Å². The van der Waals surface area contributed by atoms with E-state index < -0.39 is 6.04 Å². The quantitative estimate of drug-likeness (QED) is 0.658. The highest BCUT2D eigenvalue weighted by Crippen LogP contribution is 2.42. The predicted molar refractivity (Wildman–Crippen MR) is 110 cm³/mol. The fourth-order valence-corrected chi connectivity index (χ4v) is 4.32. The third-order valence-electron chi connectivity index (χ3n) is 5.95. The van der Waals surface area contributed by atoms with Gasteiger partial charge in [0.05, 0.1) is 12.3 Å². The van der Waals surface area contributed by atoms with Crippen molar-refractivity contribution in [2.45, 2.75) is 31.3 Å². The van der Waals surface area contributed by atoms with Crippen molar-refractivity contribution < 1.29 is 14.3 Å². The molecule has 2 amide bonds. The molecule has 1 atom stereocenters. The number of ether oxygens (including phenoxy) is 1. The molecule has 1 N–H and O–H groups in total. The van der Waals surface area contributed by atoms with Crippen molar-refractivity contribution in [2.24, 2.45) is 0 Å². The van der Waals surface area contributed by atoms with E-state index in [0.717, 1.165) is 30.4 Å². The molecule has 5 rings (SSSR count). The Kier molecular flexibility index (Phi) is 4.71. The van der Waals surface area contributed by atoms with E-state index in [1.165, 1.54) is 0 Å². The summed E-state index contributed by atoms with van der Waals surface area (Å²) in [6.07, 6.45) is 6.33. The van der Waals surface area contributed by atoms with Crippen LogP contribution in [0.15, 0.2) is 42.7 Å². The molecule has 0 saturated heterocycles. The zero-order valence-corrected chi connectivity index (χ0v) is 16.7. The van der Waals surface area contributed by atoms with Crippen molar-refractivity contribution in [1.82, 2.24) is 24.6 Å². The normalized spacial score (nSPS) is 18.5. The molecule has 0 spiro atoms. The Balaban J connectivity index is 1.71. The Bertz CT molecular complexity index is 1120. The maximum absolute atomic E-state index is 13.8. The van der Waals surface area contributed by atoms with Crippen molar-refractivity contribution in [2.75, 3.05) is 20.3 Å². The first kappa shape index (κ1) is 18.7. The summed E-state index contributed by atoms with van der Waals surface area (Å²) in [5.41, 5.74) is 2.67. The highest BCUT2D eigenvalue weighted by Gasteiger charge is 2.44. The second-order valence-electron chi connectivity index (χ2n) is 7.67. The van der Waals surface area contributed by atoms with Gasteiger partial charge in [0.15, 0.2) is 5.69 Å². The molecule has 1 saturated carbocycles. The van der Waals surface area contributed by atoms with Crippen LogP contribution in [0.3, 0.4) is 0 Å². The molecule has 8 nitrogen and oxygen atoms in total. The van der Waals surface area contributed by atoms with Crippen LogP contribution in [0.2, 0.25) is 0 Å². The van der Waals surface area contributed by atoms with E-state index in [0.29, 0.717) is 30.3 Å². The van der Waals surface area contributed by atoms with Crippen molar-refractivity contribution in [3.63, 3.8) is 0 Å². The number of carbonyl (C=O) groups excluding carboxylic acids is 2. The molecule has 1 aliphatic carbocycles. The Morgan fingerprint density at radius 1 is 1.27 bits per heavy atom. The number of imidazole rings is 1. The molecular weight excluding hydrogens is 382 g/mol. The Morgan fingerprint density at radius 3 is 2.87 bits per heavy atom. The molecule has 3 aromatic rings. The lowest BCUT2D eigenvalue weighted by atomic mass is 9.88. The highest BCUT2D eigenvalue weighted by molar-refractivity contribution is 6.04. The average Bonchev–Trinajstić information content (AvgIpc) is 3.07. The lowest BCUT2D eigenvalue weighted by Gasteiger charge is -2.41. The molecule has 154 valence electrons. The van der Waals surface area contributed by atoms with E-state index in [9.17, 15) is 9.59 Å². The van der Waals surface area contributed by atoms with Crippen LogP contribution in [-0.2, 0) is 9.53 Å². The first-order valence-corrected chi connectivity index (χ1v) is 10.2. The number of amides is 2. The summed E-state index contributed by atoms with van der Waals surface area (Å²) in [5.74, 6) is 0.0582. The van der Waals surface area contributed by atoms with Crippen molar-refractivity contribution >= 4 is 17.6 Å². The lowest BCUT2D eigenvalue weighted by Crippen LogP contribution is -2.51. The summed E-state index contributed by atoms with van der Waals surface area (Å²) < 4.78 is 6.90. The van der Waals surface area contributed by atoms with Crippen LogP contribution < -0.4 is 5.32 Å². The summed E-state index contributed by atoms with van der Waals surface area (Å²) in [7, 11) is 1.59. The standard InChI is InChI=1S/C22H23N5O3/c1-30-13-11-23-20(28)19-16-9-3-2-8-15(16)18-17(21(29)27(19)14-6-4-7-14)25-22-24-10-5-12-26(18)22/h2-3,5,8-10,12,14,19H,4,6-7,11,13H2,1H3,(H,23,28). The number of nitrogens with one attached hydrogen (secondary N) is 1. The molecule has 1 unspecified atom stereocenters. The largest absolute Gasteiger partial charge is 0.383 e. The first-order chi connectivity index (χ1) is 14.7. The summed E-state index contributed by atoms with van der Waals surface area (Å²) >= 11 is 0. The van der Waals surface area contributed by atoms with Gasteiger partial charge in [-0.2, -0.15) is 0 Å². The lowest BCUT2D eigenvalue weighted by molar-refractivity contribution is -0.127. The zero-order valence-electron chi connectivity index (χ0n) is 16.7. The second-order valence-corrected chi connectivity index (χ2v) is 7.67. The summed E-state index contributed by atoms with van der Waals surface area (Å²) in [4.78, 5) is 37.7. The number of hydrogen-bond donors (Lipinski definition) is 1. The Labute approximate surface area is 173 Å². The van der Waals surface area contributed by atoms with Gasteiger partial charge in [-0.25, -0.2) is 9.97 Å². The number of hydrogen-bond acceptors (Lipinski definition) is 5. The third-order valence-corrected chi connectivity index (χ3v) is 5.95. The number of fused-ring (bicyclic) bond motifs is 5. The minimum atomic E-state index is -0.711. The van der Waals surface area contributed by atoms with Gasteiger partial charge in [0.25, 0.3) is 5.91 Å². The minimum Gasteiger partial charge on any atom is -0.383 e. The number of methoxy groups -OCH3 is 1. The highest BCUT2D eigenvalue weighted by atomic mass is 16.5. The van der Waals surface area contributed by atoms with Gasteiger partial charge in [-0.3, -0.25) is 14.0 Å².